The monoisotopic (exact) mass is 263 g/mol. The number of likely N-dealkylation sites (tertiary alicyclic amines) is 1. The molecule has 1 atom stereocenters. The SMILES string of the molecule is CCCC1(C(=O)O)CCN(Cc2ccccc2O)C1. The maximum Gasteiger partial charge on any atom is 0.310 e. The number of carboxylic acid groups (broad SMARTS) is 1. The van der Waals surface area contributed by atoms with Crippen LogP contribution in [0.3, 0.4) is 0 Å². The van der Waals surface area contributed by atoms with Crippen LogP contribution in [0, 0.1) is 5.41 Å². The fourth-order valence-electron chi connectivity index (χ4n) is 2.94. The van der Waals surface area contributed by atoms with Crippen LogP contribution in [0.5, 0.6) is 5.75 Å². The summed E-state index contributed by atoms with van der Waals surface area (Å²) in [5.41, 5.74) is 0.263. The second-order valence-electron chi connectivity index (χ2n) is 5.42. The van der Waals surface area contributed by atoms with E-state index in [2.05, 4.69) is 4.90 Å². The molecular weight excluding hydrogens is 242 g/mol. The number of para-hydroxylation sites is 1. The minimum absolute atomic E-state index is 0.283. The topological polar surface area (TPSA) is 60.8 Å². The summed E-state index contributed by atoms with van der Waals surface area (Å²) >= 11 is 0. The highest BCUT2D eigenvalue weighted by Crippen LogP contribution is 2.36. The Labute approximate surface area is 113 Å². The molecule has 1 aromatic rings. The first-order valence-corrected chi connectivity index (χ1v) is 6.80. The lowest BCUT2D eigenvalue weighted by atomic mass is 9.83. The third-order valence-corrected chi connectivity index (χ3v) is 4.00. The van der Waals surface area contributed by atoms with E-state index in [1.165, 1.54) is 0 Å². The van der Waals surface area contributed by atoms with Gasteiger partial charge in [-0.1, -0.05) is 31.5 Å². The van der Waals surface area contributed by atoms with Gasteiger partial charge in [-0.25, -0.2) is 0 Å². The molecule has 2 N–H and O–H groups in total. The predicted octanol–water partition coefficient (Wildman–Crippen LogP) is 2.47. The van der Waals surface area contributed by atoms with Crippen molar-refractivity contribution >= 4 is 5.97 Å². The van der Waals surface area contributed by atoms with Gasteiger partial charge in [0.05, 0.1) is 5.41 Å². The van der Waals surface area contributed by atoms with E-state index in [1.54, 1.807) is 12.1 Å². The number of rotatable bonds is 5. The standard InChI is InChI=1S/C15H21NO3/c1-2-7-15(14(18)19)8-9-16(11-15)10-12-5-3-4-6-13(12)17/h3-6,17H,2,7-11H2,1H3,(H,18,19). The van der Waals surface area contributed by atoms with Crippen molar-refractivity contribution in [3.63, 3.8) is 0 Å². The fraction of sp³-hybridized carbons (Fsp3) is 0.533. The van der Waals surface area contributed by atoms with Crippen LogP contribution in [0.4, 0.5) is 0 Å². The molecule has 1 aromatic carbocycles. The summed E-state index contributed by atoms with van der Waals surface area (Å²) < 4.78 is 0. The minimum Gasteiger partial charge on any atom is -0.508 e. The average molecular weight is 263 g/mol. The lowest BCUT2D eigenvalue weighted by Crippen LogP contribution is -2.34. The van der Waals surface area contributed by atoms with E-state index < -0.39 is 11.4 Å². The van der Waals surface area contributed by atoms with Gasteiger partial charge in [0, 0.05) is 18.7 Å². The van der Waals surface area contributed by atoms with Crippen LogP contribution in [-0.4, -0.2) is 34.2 Å². The molecule has 1 aliphatic heterocycles. The summed E-state index contributed by atoms with van der Waals surface area (Å²) in [6, 6.07) is 7.24. The Morgan fingerprint density at radius 1 is 1.42 bits per heavy atom. The van der Waals surface area contributed by atoms with Gasteiger partial charge in [-0.05, 0) is 25.5 Å². The van der Waals surface area contributed by atoms with E-state index in [4.69, 9.17) is 0 Å². The summed E-state index contributed by atoms with van der Waals surface area (Å²) in [5.74, 6) is -0.403. The molecule has 0 aliphatic carbocycles. The predicted molar refractivity (Wildman–Crippen MR) is 73.0 cm³/mol. The highest BCUT2D eigenvalue weighted by Gasteiger charge is 2.43. The Morgan fingerprint density at radius 3 is 2.79 bits per heavy atom. The molecule has 0 aromatic heterocycles. The lowest BCUT2D eigenvalue weighted by molar-refractivity contribution is -0.148. The zero-order chi connectivity index (χ0) is 13.9. The number of carbonyl (C=O) groups is 1. The number of hydrogen-bond donors (Lipinski definition) is 2. The summed E-state index contributed by atoms with van der Waals surface area (Å²) in [7, 11) is 0. The molecule has 0 spiro atoms. The average Bonchev–Trinajstić information content (AvgIpc) is 2.77. The van der Waals surface area contributed by atoms with Crippen molar-refractivity contribution in [1.29, 1.82) is 0 Å². The number of nitrogens with zero attached hydrogens (tertiary/aromatic N) is 1. The van der Waals surface area contributed by atoms with E-state index in [0.29, 0.717) is 19.5 Å². The molecule has 1 aliphatic rings. The molecule has 0 saturated carbocycles. The quantitative estimate of drug-likeness (QED) is 0.856. The molecule has 19 heavy (non-hydrogen) atoms. The molecule has 1 unspecified atom stereocenters. The van der Waals surface area contributed by atoms with Crippen molar-refractivity contribution in [2.24, 2.45) is 5.41 Å². The molecule has 4 nitrogen and oxygen atoms in total. The number of aromatic hydroxyl groups is 1. The van der Waals surface area contributed by atoms with Crippen LogP contribution in [-0.2, 0) is 11.3 Å². The van der Waals surface area contributed by atoms with Crippen molar-refractivity contribution in [2.75, 3.05) is 13.1 Å². The maximum absolute atomic E-state index is 11.5. The minimum atomic E-state index is -0.686. The first kappa shape index (κ1) is 13.9. The molecule has 0 radical (unpaired) electrons. The third kappa shape index (κ3) is 2.89. The Hall–Kier alpha value is -1.55. The van der Waals surface area contributed by atoms with Crippen LogP contribution in [0.2, 0.25) is 0 Å². The van der Waals surface area contributed by atoms with Crippen LogP contribution in [0.15, 0.2) is 24.3 Å². The van der Waals surface area contributed by atoms with Gasteiger partial charge in [0.25, 0.3) is 0 Å². The number of hydrogen-bond acceptors (Lipinski definition) is 3. The molecule has 4 heteroatoms. The molecule has 104 valence electrons. The number of aliphatic carboxylic acids is 1. The van der Waals surface area contributed by atoms with Crippen LogP contribution in [0.25, 0.3) is 0 Å². The first-order chi connectivity index (χ1) is 9.07. The zero-order valence-electron chi connectivity index (χ0n) is 11.3. The Morgan fingerprint density at radius 2 is 2.16 bits per heavy atom. The van der Waals surface area contributed by atoms with Gasteiger partial charge >= 0.3 is 5.97 Å². The normalized spacial score (nSPS) is 23.6. The lowest BCUT2D eigenvalue weighted by Gasteiger charge is -2.24. The van der Waals surface area contributed by atoms with Gasteiger partial charge in [0.15, 0.2) is 0 Å². The summed E-state index contributed by atoms with van der Waals surface area (Å²) in [5, 5.41) is 19.2. The van der Waals surface area contributed by atoms with Crippen molar-refractivity contribution in [3.8, 4) is 5.75 Å². The number of phenols is 1. The summed E-state index contributed by atoms with van der Waals surface area (Å²) in [6.07, 6.45) is 2.31. The van der Waals surface area contributed by atoms with Gasteiger partial charge in [-0.2, -0.15) is 0 Å². The first-order valence-electron chi connectivity index (χ1n) is 6.80. The second-order valence-corrected chi connectivity index (χ2v) is 5.42. The smallest absolute Gasteiger partial charge is 0.310 e. The van der Waals surface area contributed by atoms with E-state index in [-0.39, 0.29) is 5.75 Å². The second kappa shape index (κ2) is 5.61. The largest absolute Gasteiger partial charge is 0.508 e. The summed E-state index contributed by atoms with van der Waals surface area (Å²) in [4.78, 5) is 13.6. The van der Waals surface area contributed by atoms with E-state index in [1.807, 2.05) is 19.1 Å². The van der Waals surface area contributed by atoms with Crippen LogP contribution in [0.1, 0.15) is 31.7 Å². The van der Waals surface area contributed by atoms with Crippen molar-refractivity contribution in [3.05, 3.63) is 29.8 Å². The van der Waals surface area contributed by atoms with Gasteiger partial charge in [0.1, 0.15) is 5.75 Å². The maximum atomic E-state index is 11.5. The highest BCUT2D eigenvalue weighted by atomic mass is 16.4. The van der Waals surface area contributed by atoms with Crippen molar-refractivity contribution in [2.45, 2.75) is 32.7 Å². The number of phenolic OH excluding ortho intramolecular Hbond substituents is 1. The molecule has 0 bridgehead atoms. The van der Waals surface area contributed by atoms with Crippen molar-refractivity contribution < 1.29 is 15.0 Å². The van der Waals surface area contributed by atoms with E-state index in [9.17, 15) is 15.0 Å². The van der Waals surface area contributed by atoms with Crippen molar-refractivity contribution in [1.82, 2.24) is 4.90 Å². The molecule has 1 saturated heterocycles. The fourth-order valence-corrected chi connectivity index (χ4v) is 2.94. The Balaban J connectivity index is 2.06. The van der Waals surface area contributed by atoms with Crippen LogP contribution < -0.4 is 0 Å². The number of benzene rings is 1. The molecule has 1 fully saturated rings. The molecule has 1 heterocycles. The zero-order valence-corrected chi connectivity index (χ0v) is 11.3. The van der Waals surface area contributed by atoms with Gasteiger partial charge < -0.3 is 10.2 Å². The molecule has 0 amide bonds. The molecule has 2 rings (SSSR count). The van der Waals surface area contributed by atoms with Gasteiger partial charge in [0.2, 0.25) is 0 Å². The van der Waals surface area contributed by atoms with Gasteiger partial charge in [-0.15, -0.1) is 0 Å². The van der Waals surface area contributed by atoms with E-state index in [0.717, 1.165) is 24.9 Å². The Kier molecular flexibility index (Phi) is 4.10. The number of carboxylic acids is 1. The molecular formula is C15H21NO3. The Bertz CT molecular complexity index is 460. The van der Waals surface area contributed by atoms with E-state index >= 15 is 0 Å². The highest BCUT2D eigenvalue weighted by molar-refractivity contribution is 5.75. The van der Waals surface area contributed by atoms with Gasteiger partial charge in [-0.3, -0.25) is 9.69 Å². The third-order valence-electron chi connectivity index (χ3n) is 4.00. The summed E-state index contributed by atoms with van der Waals surface area (Å²) in [6.45, 7) is 3.99. The van der Waals surface area contributed by atoms with Crippen LogP contribution >= 0.6 is 0 Å².